The minimum atomic E-state index is -0.863. The summed E-state index contributed by atoms with van der Waals surface area (Å²) in [5.41, 5.74) is 2.61. The molecule has 5 atom stereocenters. The minimum absolute atomic E-state index is 0.124. The third-order valence-electron chi connectivity index (χ3n) is 6.68. The van der Waals surface area contributed by atoms with Gasteiger partial charge in [0.25, 0.3) is 0 Å². The third-order valence-corrected chi connectivity index (χ3v) is 6.68. The molecule has 1 aliphatic heterocycles. The monoisotopic (exact) mass is 400 g/mol. The number of carbonyl (C=O) groups is 3. The number of nitrogens with zero attached hydrogens (tertiary/aromatic N) is 1. The van der Waals surface area contributed by atoms with Crippen molar-refractivity contribution in [3.63, 3.8) is 0 Å². The summed E-state index contributed by atoms with van der Waals surface area (Å²) < 4.78 is 0. The van der Waals surface area contributed by atoms with Crippen molar-refractivity contribution in [3.8, 4) is 0 Å². The quantitative estimate of drug-likeness (QED) is 0.618. The van der Waals surface area contributed by atoms with Gasteiger partial charge >= 0.3 is 0 Å². The van der Waals surface area contributed by atoms with Gasteiger partial charge in [0.1, 0.15) is 6.04 Å². The van der Waals surface area contributed by atoms with Crippen molar-refractivity contribution in [2.24, 2.45) is 23.7 Å². The van der Waals surface area contributed by atoms with Crippen LogP contribution in [0, 0.1) is 30.6 Å². The lowest BCUT2D eigenvalue weighted by Gasteiger charge is -2.27. The van der Waals surface area contributed by atoms with Gasteiger partial charge in [0.2, 0.25) is 17.7 Å². The number of anilines is 1. The summed E-state index contributed by atoms with van der Waals surface area (Å²) in [6.45, 7) is 1.95. The molecule has 3 aliphatic rings. The molecule has 2 fully saturated rings. The fourth-order valence-electron chi connectivity index (χ4n) is 5.32. The van der Waals surface area contributed by atoms with Gasteiger partial charge in [0, 0.05) is 12.1 Å². The molecule has 1 heterocycles. The van der Waals surface area contributed by atoms with E-state index in [-0.39, 0.29) is 41.4 Å². The summed E-state index contributed by atoms with van der Waals surface area (Å²) in [4.78, 5) is 41.2. The van der Waals surface area contributed by atoms with Crippen molar-refractivity contribution in [1.82, 2.24) is 4.90 Å². The fourth-order valence-corrected chi connectivity index (χ4v) is 5.32. The van der Waals surface area contributed by atoms with E-state index >= 15 is 0 Å². The molecule has 2 aromatic carbocycles. The lowest BCUT2D eigenvalue weighted by Crippen LogP contribution is -2.49. The van der Waals surface area contributed by atoms with Gasteiger partial charge in [-0.2, -0.15) is 0 Å². The molecule has 152 valence electrons. The fraction of sp³-hybridized carbons (Fsp3) is 0.320. The Morgan fingerprint density at radius 2 is 1.67 bits per heavy atom. The molecule has 1 N–H and O–H groups in total. The van der Waals surface area contributed by atoms with Crippen LogP contribution in [-0.4, -0.2) is 28.7 Å². The van der Waals surface area contributed by atoms with E-state index in [2.05, 4.69) is 17.5 Å². The first-order chi connectivity index (χ1) is 14.5. The molecule has 2 aromatic rings. The summed E-state index contributed by atoms with van der Waals surface area (Å²) in [5.74, 6) is -1.08. The molecule has 1 saturated carbocycles. The largest absolute Gasteiger partial charge is 0.324 e. The Labute approximate surface area is 175 Å². The second kappa shape index (κ2) is 7.24. The Morgan fingerprint density at radius 1 is 1.00 bits per heavy atom. The molecule has 0 spiro atoms. The van der Waals surface area contributed by atoms with Gasteiger partial charge in [-0.3, -0.25) is 19.3 Å². The number of fused-ring (bicyclic) bond motifs is 5. The maximum Gasteiger partial charge on any atom is 0.248 e. The van der Waals surface area contributed by atoms with Crippen LogP contribution >= 0.6 is 0 Å². The predicted octanol–water partition coefficient (Wildman–Crippen LogP) is 3.35. The average Bonchev–Trinajstić information content (AvgIpc) is 3.41. The van der Waals surface area contributed by atoms with Crippen molar-refractivity contribution >= 4 is 23.4 Å². The predicted molar refractivity (Wildman–Crippen MR) is 113 cm³/mol. The molecule has 5 nitrogen and oxygen atoms in total. The molecule has 0 radical (unpaired) electrons. The first-order valence-corrected chi connectivity index (χ1v) is 10.5. The standard InChI is InChI=1S/C25H24N2O3/c1-15-6-5-9-19(12-15)26-23(28)20(13-16-7-3-2-4-8-16)27-24(29)21-17-10-11-18(14-17)22(21)25(27)30/h2-12,17-18,20-22H,13-14H2,1H3,(H,26,28)/t17-,18-,20+,21-,22-/m0/s1. The van der Waals surface area contributed by atoms with Gasteiger partial charge in [-0.15, -0.1) is 0 Å². The maximum atomic E-state index is 13.3. The van der Waals surface area contributed by atoms with Gasteiger partial charge in [-0.25, -0.2) is 0 Å². The zero-order chi connectivity index (χ0) is 20.8. The molecule has 5 rings (SSSR count). The highest BCUT2D eigenvalue weighted by atomic mass is 16.2. The molecule has 0 aromatic heterocycles. The van der Waals surface area contributed by atoms with E-state index in [1.807, 2.05) is 61.5 Å². The van der Waals surface area contributed by atoms with E-state index in [1.165, 1.54) is 4.90 Å². The zero-order valence-electron chi connectivity index (χ0n) is 16.8. The van der Waals surface area contributed by atoms with Crippen molar-refractivity contribution in [3.05, 3.63) is 77.9 Å². The van der Waals surface area contributed by atoms with Crippen LogP contribution in [0.1, 0.15) is 17.5 Å². The number of allylic oxidation sites excluding steroid dienone is 2. The van der Waals surface area contributed by atoms with Crippen LogP contribution in [-0.2, 0) is 20.8 Å². The van der Waals surface area contributed by atoms with E-state index in [9.17, 15) is 14.4 Å². The van der Waals surface area contributed by atoms with Crippen molar-refractivity contribution in [2.45, 2.75) is 25.8 Å². The molecular weight excluding hydrogens is 376 g/mol. The van der Waals surface area contributed by atoms with Gasteiger partial charge in [-0.1, -0.05) is 54.6 Å². The number of rotatable bonds is 5. The van der Waals surface area contributed by atoms with Gasteiger partial charge in [0.15, 0.2) is 0 Å². The number of likely N-dealkylation sites (tertiary alicyclic amines) is 1. The van der Waals surface area contributed by atoms with Gasteiger partial charge in [0.05, 0.1) is 11.8 Å². The molecular formula is C25H24N2O3. The molecule has 2 aliphatic carbocycles. The average molecular weight is 400 g/mol. The summed E-state index contributed by atoms with van der Waals surface area (Å²) in [6.07, 6.45) is 5.32. The second-order valence-electron chi connectivity index (χ2n) is 8.61. The van der Waals surface area contributed by atoms with Gasteiger partial charge in [-0.05, 0) is 48.4 Å². The Balaban J connectivity index is 1.46. The highest BCUT2D eigenvalue weighted by molar-refractivity contribution is 6.11. The Bertz CT molecular complexity index is 1020. The minimum Gasteiger partial charge on any atom is -0.324 e. The number of nitrogens with one attached hydrogen (secondary N) is 1. The molecule has 2 bridgehead atoms. The number of carbonyl (C=O) groups excluding carboxylic acids is 3. The highest BCUT2D eigenvalue weighted by Crippen LogP contribution is 2.53. The van der Waals surface area contributed by atoms with Crippen molar-refractivity contribution < 1.29 is 14.4 Å². The second-order valence-corrected chi connectivity index (χ2v) is 8.61. The van der Waals surface area contributed by atoms with Crippen LogP contribution < -0.4 is 5.32 Å². The normalized spacial score (nSPS) is 27.4. The molecule has 1 saturated heterocycles. The van der Waals surface area contributed by atoms with E-state index in [0.29, 0.717) is 12.1 Å². The molecule has 0 unspecified atom stereocenters. The SMILES string of the molecule is Cc1cccc(NC(=O)[C@@H](Cc2ccccc2)N2C(=O)[C@@H]3[C@@H](C2=O)[C@H]2C=C[C@H]3C2)c1. The van der Waals surface area contributed by atoms with E-state index in [0.717, 1.165) is 17.5 Å². The van der Waals surface area contributed by atoms with Crippen LogP contribution in [0.3, 0.4) is 0 Å². The van der Waals surface area contributed by atoms with E-state index < -0.39 is 6.04 Å². The first-order valence-electron chi connectivity index (χ1n) is 10.5. The number of amides is 3. The summed E-state index contributed by atoms with van der Waals surface area (Å²) in [5, 5.41) is 2.92. The van der Waals surface area contributed by atoms with Crippen molar-refractivity contribution in [1.29, 1.82) is 0 Å². The van der Waals surface area contributed by atoms with Crippen LogP contribution in [0.15, 0.2) is 66.7 Å². The third kappa shape index (κ3) is 3.05. The number of benzene rings is 2. The summed E-state index contributed by atoms with van der Waals surface area (Å²) in [6, 6.07) is 16.2. The van der Waals surface area contributed by atoms with Gasteiger partial charge < -0.3 is 5.32 Å². The Morgan fingerprint density at radius 3 is 2.30 bits per heavy atom. The van der Waals surface area contributed by atoms with Crippen LogP contribution in [0.25, 0.3) is 0 Å². The highest BCUT2D eigenvalue weighted by Gasteiger charge is 2.61. The maximum absolute atomic E-state index is 13.3. The van der Waals surface area contributed by atoms with Crippen LogP contribution in [0.5, 0.6) is 0 Å². The van der Waals surface area contributed by atoms with Crippen LogP contribution in [0.4, 0.5) is 5.69 Å². The number of imide groups is 1. The smallest absolute Gasteiger partial charge is 0.248 e. The summed E-state index contributed by atoms with van der Waals surface area (Å²) >= 11 is 0. The Kier molecular flexibility index (Phi) is 4.54. The Hall–Kier alpha value is -3.21. The topological polar surface area (TPSA) is 66.5 Å². The first kappa shape index (κ1) is 18.8. The summed E-state index contributed by atoms with van der Waals surface area (Å²) in [7, 11) is 0. The zero-order valence-corrected chi connectivity index (χ0v) is 16.8. The van der Waals surface area contributed by atoms with Crippen molar-refractivity contribution in [2.75, 3.05) is 5.32 Å². The number of aryl methyl sites for hydroxylation is 1. The molecule has 30 heavy (non-hydrogen) atoms. The van der Waals surface area contributed by atoms with E-state index in [1.54, 1.807) is 0 Å². The lowest BCUT2D eigenvalue weighted by atomic mass is 9.85. The molecule has 3 amide bonds. The number of hydrogen-bond donors (Lipinski definition) is 1. The number of hydrogen-bond acceptors (Lipinski definition) is 3. The molecule has 5 heteroatoms. The van der Waals surface area contributed by atoms with Crippen LogP contribution in [0.2, 0.25) is 0 Å². The van der Waals surface area contributed by atoms with E-state index in [4.69, 9.17) is 0 Å². The lowest BCUT2D eigenvalue weighted by molar-refractivity contribution is -0.147.